The van der Waals surface area contributed by atoms with E-state index in [0.29, 0.717) is 0 Å². The molecule has 2 aromatic heterocycles. The van der Waals surface area contributed by atoms with Crippen LogP contribution in [0.3, 0.4) is 0 Å². The van der Waals surface area contributed by atoms with Crippen molar-refractivity contribution in [3.05, 3.63) is 36.7 Å². The highest BCUT2D eigenvalue weighted by atomic mass is 16.2. The summed E-state index contributed by atoms with van der Waals surface area (Å²) in [7, 11) is 0. The van der Waals surface area contributed by atoms with E-state index >= 15 is 0 Å². The highest BCUT2D eigenvalue weighted by molar-refractivity contribution is 5.75. The van der Waals surface area contributed by atoms with Crippen molar-refractivity contribution in [2.24, 2.45) is 0 Å². The number of nitrogens with one attached hydrogen (secondary N) is 2. The van der Waals surface area contributed by atoms with Crippen LogP contribution in [0.4, 0.5) is 4.79 Å². The Morgan fingerprint density at radius 2 is 2.04 bits per heavy atom. The number of hydrogen-bond donors (Lipinski definition) is 2. The molecule has 0 unspecified atom stereocenters. The van der Waals surface area contributed by atoms with Crippen LogP contribution >= 0.6 is 0 Å². The Morgan fingerprint density at radius 1 is 1.16 bits per heavy atom. The number of imidazole rings is 1. The minimum Gasteiger partial charge on any atom is -0.347 e. The molecule has 0 spiro atoms. The first kappa shape index (κ1) is 16.2. The van der Waals surface area contributed by atoms with Gasteiger partial charge in [0, 0.05) is 31.3 Å². The molecule has 1 saturated heterocycles. The standard InChI is InChI=1S/C18H26N6O/c25-18(23-12-4-3-8-16(23)17-19-10-11-20-17)22-14-6-1-2-7-15(14)24-13-5-9-21-24/h5,9-11,13-16H,1-4,6-8,12H2,(H,19,20)(H,22,25)/t14-,15+,16-/m1/s1. The van der Waals surface area contributed by atoms with Crippen LogP contribution in [0.25, 0.3) is 0 Å². The summed E-state index contributed by atoms with van der Waals surface area (Å²) in [4.78, 5) is 22.5. The van der Waals surface area contributed by atoms with Crippen LogP contribution in [0.2, 0.25) is 0 Å². The fourth-order valence-corrected chi connectivity index (χ4v) is 4.23. The van der Waals surface area contributed by atoms with Gasteiger partial charge in [-0.25, -0.2) is 9.78 Å². The van der Waals surface area contributed by atoms with Crippen LogP contribution < -0.4 is 5.32 Å². The van der Waals surface area contributed by atoms with Crippen LogP contribution in [0, 0.1) is 0 Å². The van der Waals surface area contributed by atoms with Gasteiger partial charge in [-0.1, -0.05) is 12.8 Å². The molecule has 0 radical (unpaired) electrons. The number of rotatable bonds is 3. The van der Waals surface area contributed by atoms with Crippen molar-refractivity contribution in [1.29, 1.82) is 0 Å². The van der Waals surface area contributed by atoms with Crippen LogP contribution in [0.1, 0.15) is 62.9 Å². The van der Waals surface area contributed by atoms with Crippen LogP contribution in [-0.2, 0) is 0 Å². The summed E-state index contributed by atoms with van der Waals surface area (Å²) < 4.78 is 2.00. The summed E-state index contributed by atoms with van der Waals surface area (Å²) in [6, 6.07) is 2.42. The van der Waals surface area contributed by atoms with Crippen molar-refractivity contribution in [1.82, 2.24) is 30.0 Å². The number of amides is 2. The zero-order valence-corrected chi connectivity index (χ0v) is 14.5. The number of carbonyl (C=O) groups is 1. The molecule has 4 rings (SSSR count). The van der Waals surface area contributed by atoms with Crippen molar-refractivity contribution in [2.75, 3.05) is 6.54 Å². The van der Waals surface area contributed by atoms with Crippen molar-refractivity contribution in [3.63, 3.8) is 0 Å². The molecule has 1 aliphatic carbocycles. The first-order valence-electron chi connectivity index (χ1n) is 9.38. The number of likely N-dealkylation sites (tertiary alicyclic amines) is 1. The van der Waals surface area contributed by atoms with Crippen molar-refractivity contribution in [2.45, 2.75) is 63.1 Å². The molecule has 1 aliphatic heterocycles. The predicted octanol–water partition coefficient (Wildman–Crippen LogP) is 3.03. The third-order valence-electron chi connectivity index (χ3n) is 5.50. The largest absolute Gasteiger partial charge is 0.347 e. The second-order valence-corrected chi connectivity index (χ2v) is 7.07. The van der Waals surface area contributed by atoms with Crippen LogP contribution in [0.5, 0.6) is 0 Å². The third kappa shape index (κ3) is 3.41. The van der Waals surface area contributed by atoms with Gasteiger partial charge >= 0.3 is 6.03 Å². The summed E-state index contributed by atoms with van der Waals surface area (Å²) in [5.74, 6) is 0.891. The lowest BCUT2D eigenvalue weighted by atomic mass is 9.90. The van der Waals surface area contributed by atoms with E-state index in [1.54, 1.807) is 6.20 Å². The average molecular weight is 342 g/mol. The van der Waals surface area contributed by atoms with E-state index in [2.05, 4.69) is 20.4 Å². The first-order valence-corrected chi connectivity index (χ1v) is 9.38. The fourth-order valence-electron chi connectivity index (χ4n) is 4.23. The van der Waals surface area contributed by atoms with E-state index in [4.69, 9.17) is 0 Å². The molecule has 2 N–H and O–H groups in total. The maximum Gasteiger partial charge on any atom is 0.318 e. The summed E-state index contributed by atoms with van der Waals surface area (Å²) in [5, 5.41) is 7.71. The molecule has 1 saturated carbocycles. The maximum atomic E-state index is 13.0. The summed E-state index contributed by atoms with van der Waals surface area (Å²) >= 11 is 0. The number of piperidine rings is 1. The Labute approximate surface area is 147 Å². The van der Waals surface area contributed by atoms with Gasteiger partial charge in [0.05, 0.1) is 18.1 Å². The lowest BCUT2D eigenvalue weighted by molar-refractivity contribution is 0.136. The molecule has 3 atom stereocenters. The predicted molar refractivity (Wildman–Crippen MR) is 93.9 cm³/mol. The summed E-state index contributed by atoms with van der Waals surface area (Å²) in [6.07, 6.45) is 15.0. The van der Waals surface area contributed by atoms with Gasteiger partial charge in [-0.15, -0.1) is 0 Å². The smallest absolute Gasteiger partial charge is 0.318 e. The van der Waals surface area contributed by atoms with Crippen LogP contribution in [0.15, 0.2) is 30.9 Å². The van der Waals surface area contributed by atoms with Gasteiger partial charge in [0.2, 0.25) is 0 Å². The van der Waals surface area contributed by atoms with Crippen molar-refractivity contribution < 1.29 is 4.79 Å². The van der Waals surface area contributed by atoms with E-state index in [0.717, 1.165) is 50.9 Å². The fraction of sp³-hybridized carbons (Fsp3) is 0.611. The molecular formula is C18H26N6O. The molecule has 7 heteroatoms. The van der Waals surface area contributed by atoms with Crippen molar-refractivity contribution in [3.8, 4) is 0 Å². The molecule has 7 nitrogen and oxygen atoms in total. The Balaban J connectivity index is 1.47. The zero-order chi connectivity index (χ0) is 17.1. The molecule has 2 amide bonds. The Hall–Kier alpha value is -2.31. The maximum absolute atomic E-state index is 13.0. The molecule has 0 aromatic carbocycles. The van der Waals surface area contributed by atoms with E-state index in [1.807, 2.05) is 34.2 Å². The zero-order valence-electron chi connectivity index (χ0n) is 14.5. The number of nitrogens with zero attached hydrogens (tertiary/aromatic N) is 4. The molecule has 25 heavy (non-hydrogen) atoms. The van der Waals surface area contributed by atoms with Gasteiger partial charge < -0.3 is 15.2 Å². The van der Waals surface area contributed by atoms with Gasteiger partial charge in [-0.05, 0) is 38.2 Å². The molecule has 134 valence electrons. The highest BCUT2D eigenvalue weighted by Crippen LogP contribution is 2.31. The summed E-state index contributed by atoms with van der Waals surface area (Å²) in [5.41, 5.74) is 0. The quantitative estimate of drug-likeness (QED) is 0.900. The normalized spacial score (nSPS) is 27.2. The Kier molecular flexibility index (Phi) is 4.72. The molecular weight excluding hydrogens is 316 g/mol. The molecule has 3 heterocycles. The van der Waals surface area contributed by atoms with Gasteiger partial charge in [0.1, 0.15) is 5.82 Å². The minimum atomic E-state index is 0.0326. The monoisotopic (exact) mass is 342 g/mol. The average Bonchev–Trinajstić information content (AvgIpc) is 3.36. The van der Waals surface area contributed by atoms with Gasteiger partial charge in [0.25, 0.3) is 0 Å². The molecule has 2 fully saturated rings. The summed E-state index contributed by atoms with van der Waals surface area (Å²) in [6.45, 7) is 0.788. The topological polar surface area (TPSA) is 78.8 Å². The minimum absolute atomic E-state index is 0.0326. The number of carbonyl (C=O) groups excluding carboxylic acids is 1. The second-order valence-electron chi connectivity index (χ2n) is 7.07. The Bertz CT molecular complexity index is 668. The number of urea groups is 1. The number of H-pyrrole nitrogens is 1. The van der Waals surface area contributed by atoms with E-state index < -0.39 is 0 Å². The lowest BCUT2D eigenvalue weighted by Gasteiger charge is -2.38. The SMILES string of the molecule is O=C(N[C@@H]1CCCC[C@@H]1n1cccn1)N1CCCC[C@@H]1c1ncc[nH]1. The molecule has 0 bridgehead atoms. The van der Waals surface area contributed by atoms with Gasteiger partial charge in [0.15, 0.2) is 0 Å². The Morgan fingerprint density at radius 3 is 2.84 bits per heavy atom. The molecule has 2 aliphatic rings. The first-order chi connectivity index (χ1) is 12.3. The van der Waals surface area contributed by atoms with Crippen molar-refractivity contribution >= 4 is 6.03 Å². The van der Waals surface area contributed by atoms with E-state index in [9.17, 15) is 4.79 Å². The van der Waals surface area contributed by atoms with Gasteiger partial charge in [-0.2, -0.15) is 5.10 Å². The van der Waals surface area contributed by atoms with E-state index in [1.165, 1.54) is 6.42 Å². The molecule has 2 aromatic rings. The number of aromatic amines is 1. The van der Waals surface area contributed by atoms with Crippen LogP contribution in [-0.4, -0.2) is 43.3 Å². The third-order valence-corrected chi connectivity index (χ3v) is 5.50. The van der Waals surface area contributed by atoms with E-state index in [-0.39, 0.29) is 24.2 Å². The number of aromatic nitrogens is 4. The number of hydrogen-bond acceptors (Lipinski definition) is 3. The highest BCUT2D eigenvalue weighted by Gasteiger charge is 2.33. The lowest BCUT2D eigenvalue weighted by Crippen LogP contribution is -2.51. The second kappa shape index (κ2) is 7.29. The van der Waals surface area contributed by atoms with Gasteiger partial charge in [-0.3, -0.25) is 4.68 Å².